The molecule has 5 N–H and O–H groups in total. The van der Waals surface area contributed by atoms with Crippen molar-refractivity contribution in [3.8, 4) is 0 Å². The molecule has 0 bridgehead atoms. The van der Waals surface area contributed by atoms with Crippen molar-refractivity contribution >= 4 is 5.97 Å². The second kappa shape index (κ2) is 11.0. The molecule has 1 fully saturated rings. The van der Waals surface area contributed by atoms with Crippen molar-refractivity contribution in [3.63, 3.8) is 0 Å². The summed E-state index contributed by atoms with van der Waals surface area (Å²) in [6.07, 6.45) is -4.37. The summed E-state index contributed by atoms with van der Waals surface area (Å²) in [5.41, 5.74) is 0.730. The van der Waals surface area contributed by atoms with E-state index in [0.717, 1.165) is 12.8 Å². The number of fused-ring (bicyclic) bond motifs is 1. The summed E-state index contributed by atoms with van der Waals surface area (Å²) in [6, 6.07) is 0. The van der Waals surface area contributed by atoms with E-state index in [9.17, 15) is 30.3 Å². The Morgan fingerprint density at radius 3 is 2.47 bits per heavy atom. The van der Waals surface area contributed by atoms with Crippen LogP contribution in [0.1, 0.15) is 19.8 Å². The predicted octanol–water partition coefficient (Wildman–Crippen LogP) is -1.43. The van der Waals surface area contributed by atoms with Gasteiger partial charge < -0.3 is 49.2 Å². The van der Waals surface area contributed by atoms with Crippen molar-refractivity contribution in [2.75, 3.05) is 26.9 Å². The minimum absolute atomic E-state index is 0.215. The molecule has 0 aromatic carbocycles. The standard InChI is InChI=1S/C21H32O11/c1-3-4-5-29-12-6-10(7-22)14-15(12)11(19(27)28-2)9-30-20(14)32-21-18(26)17(25)16(24)13(8-23)31-21/h6,9,12-18,20-26H,3-5,7-8H2,1-2H3/t12-,13-,14-,15+,16-,17+,18-,20+,21+/m1/s1. The van der Waals surface area contributed by atoms with E-state index in [1.807, 2.05) is 6.92 Å². The first-order chi connectivity index (χ1) is 15.4. The lowest BCUT2D eigenvalue weighted by molar-refractivity contribution is -0.340. The summed E-state index contributed by atoms with van der Waals surface area (Å²) in [7, 11) is 1.25. The van der Waals surface area contributed by atoms with Gasteiger partial charge in [-0.1, -0.05) is 19.4 Å². The maximum absolute atomic E-state index is 12.4. The lowest BCUT2D eigenvalue weighted by Crippen LogP contribution is -2.60. The summed E-state index contributed by atoms with van der Waals surface area (Å²) >= 11 is 0. The van der Waals surface area contributed by atoms with E-state index in [4.69, 9.17) is 23.7 Å². The molecule has 0 spiro atoms. The van der Waals surface area contributed by atoms with Crippen molar-refractivity contribution < 1.29 is 54.0 Å². The van der Waals surface area contributed by atoms with E-state index in [0.29, 0.717) is 12.2 Å². The third kappa shape index (κ3) is 4.85. The van der Waals surface area contributed by atoms with Crippen LogP contribution in [-0.4, -0.2) is 102 Å². The Balaban J connectivity index is 1.85. The molecule has 0 saturated carbocycles. The molecular formula is C21H32O11. The molecule has 1 saturated heterocycles. The second-order valence-corrected chi connectivity index (χ2v) is 8.04. The Morgan fingerprint density at radius 2 is 1.84 bits per heavy atom. The van der Waals surface area contributed by atoms with Gasteiger partial charge in [-0.2, -0.15) is 0 Å². The van der Waals surface area contributed by atoms with E-state index < -0.39 is 67.5 Å². The summed E-state index contributed by atoms with van der Waals surface area (Å²) in [6.45, 7) is 1.52. The third-order valence-corrected chi connectivity index (χ3v) is 6.06. The number of aliphatic hydroxyl groups excluding tert-OH is 5. The van der Waals surface area contributed by atoms with Crippen LogP contribution in [0.25, 0.3) is 0 Å². The van der Waals surface area contributed by atoms with Gasteiger partial charge in [0.05, 0.1) is 44.2 Å². The summed E-state index contributed by atoms with van der Waals surface area (Å²) in [4.78, 5) is 12.4. The smallest absolute Gasteiger partial charge is 0.337 e. The molecule has 2 heterocycles. The molecule has 0 amide bonds. The molecule has 1 aliphatic carbocycles. The van der Waals surface area contributed by atoms with Gasteiger partial charge in [-0.15, -0.1) is 0 Å². The second-order valence-electron chi connectivity index (χ2n) is 8.04. The van der Waals surface area contributed by atoms with E-state index in [1.165, 1.54) is 13.4 Å². The first kappa shape index (κ1) is 25.1. The maximum atomic E-state index is 12.4. The van der Waals surface area contributed by atoms with Crippen LogP contribution in [-0.2, 0) is 28.5 Å². The molecule has 11 nitrogen and oxygen atoms in total. The van der Waals surface area contributed by atoms with Crippen molar-refractivity contribution in [2.24, 2.45) is 11.8 Å². The van der Waals surface area contributed by atoms with Crippen LogP contribution in [0.3, 0.4) is 0 Å². The van der Waals surface area contributed by atoms with Gasteiger partial charge in [-0.25, -0.2) is 4.79 Å². The van der Waals surface area contributed by atoms with Crippen molar-refractivity contribution in [1.82, 2.24) is 0 Å². The Labute approximate surface area is 185 Å². The fraction of sp³-hybridized carbons (Fsp3) is 0.762. The number of hydrogen-bond acceptors (Lipinski definition) is 11. The molecule has 0 unspecified atom stereocenters. The minimum atomic E-state index is -1.62. The Kier molecular flexibility index (Phi) is 8.64. The van der Waals surface area contributed by atoms with Gasteiger partial charge in [0, 0.05) is 12.5 Å². The SMILES string of the molecule is CCCCO[C@@H]1C=C(CO)[C@H]2[C@H](O[C@@H]3O[C@H](CO)[C@@H](O)[C@H](O)[C@H]3O)OC=C(C(=O)OC)[C@H]21. The number of aliphatic hydroxyl groups is 5. The molecule has 0 aromatic rings. The van der Waals surface area contributed by atoms with Crippen LogP contribution >= 0.6 is 0 Å². The van der Waals surface area contributed by atoms with Crippen LogP contribution in [0, 0.1) is 11.8 Å². The molecule has 0 radical (unpaired) electrons. The number of hydrogen-bond donors (Lipinski definition) is 5. The zero-order chi connectivity index (χ0) is 23.4. The third-order valence-electron chi connectivity index (χ3n) is 6.06. The maximum Gasteiger partial charge on any atom is 0.337 e. The van der Waals surface area contributed by atoms with Crippen LogP contribution in [0.5, 0.6) is 0 Å². The van der Waals surface area contributed by atoms with Gasteiger partial charge in [-0.3, -0.25) is 0 Å². The van der Waals surface area contributed by atoms with Gasteiger partial charge in [0.1, 0.15) is 24.4 Å². The highest BCUT2D eigenvalue weighted by Crippen LogP contribution is 2.45. The number of carbonyl (C=O) groups excluding carboxylic acids is 1. The predicted molar refractivity (Wildman–Crippen MR) is 107 cm³/mol. The van der Waals surface area contributed by atoms with Gasteiger partial charge in [-0.05, 0) is 12.0 Å². The van der Waals surface area contributed by atoms with E-state index >= 15 is 0 Å². The number of rotatable bonds is 9. The molecule has 3 aliphatic rings. The largest absolute Gasteiger partial charge is 0.471 e. The van der Waals surface area contributed by atoms with Crippen LogP contribution in [0.2, 0.25) is 0 Å². The highest BCUT2D eigenvalue weighted by Gasteiger charge is 2.52. The monoisotopic (exact) mass is 460 g/mol. The van der Waals surface area contributed by atoms with Gasteiger partial charge in [0.15, 0.2) is 6.29 Å². The zero-order valence-corrected chi connectivity index (χ0v) is 18.1. The normalized spacial score (nSPS) is 39.0. The van der Waals surface area contributed by atoms with Gasteiger partial charge in [0.25, 0.3) is 0 Å². The lowest BCUT2D eigenvalue weighted by atomic mass is 9.82. The van der Waals surface area contributed by atoms with Gasteiger partial charge >= 0.3 is 5.97 Å². The summed E-state index contributed by atoms with van der Waals surface area (Å²) in [5, 5.41) is 49.7. The molecule has 182 valence electrons. The molecule has 0 aromatic heterocycles. The van der Waals surface area contributed by atoms with E-state index in [-0.39, 0.29) is 12.2 Å². The Morgan fingerprint density at radius 1 is 1.09 bits per heavy atom. The lowest BCUT2D eigenvalue weighted by Gasteiger charge is -2.43. The molecule has 9 atom stereocenters. The van der Waals surface area contributed by atoms with Crippen LogP contribution < -0.4 is 0 Å². The Hall–Kier alpha value is -1.57. The fourth-order valence-electron chi connectivity index (χ4n) is 4.28. The number of methoxy groups -OCH3 is 1. The van der Waals surface area contributed by atoms with Crippen LogP contribution in [0.15, 0.2) is 23.5 Å². The molecule has 11 heteroatoms. The summed E-state index contributed by atoms with van der Waals surface area (Å²) < 4.78 is 27.7. The average Bonchev–Trinajstić information content (AvgIpc) is 3.18. The van der Waals surface area contributed by atoms with E-state index in [2.05, 4.69) is 0 Å². The van der Waals surface area contributed by atoms with Crippen molar-refractivity contribution in [1.29, 1.82) is 0 Å². The first-order valence-electron chi connectivity index (χ1n) is 10.7. The summed E-state index contributed by atoms with van der Waals surface area (Å²) in [5.74, 6) is -1.86. The topological polar surface area (TPSA) is 164 Å². The van der Waals surface area contributed by atoms with Crippen molar-refractivity contribution in [2.45, 2.75) is 62.9 Å². The fourth-order valence-corrected chi connectivity index (χ4v) is 4.28. The molecular weight excluding hydrogens is 428 g/mol. The number of ether oxygens (including phenoxy) is 5. The Bertz CT molecular complexity index is 706. The number of esters is 1. The molecule has 2 aliphatic heterocycles. The van der Waals surface area contributed by atoms with Crippen molar-refractivity contribution in [3.05, 3.63) is 23.5 Å². The minimum Gasteiger partial charge on any atom is -0.471 e. The van der Waals surface area contributed by atoms with Gasteiger partial charge in [0.2, 0.25) is 6.29 Å². The average molecular weight is 460 g/mol. The van der Waals surface area contributed by atoms with Crippen LogP contribution in [0.4, 0.5) is 0 Å². The number of carbonyl (C=O) groups is 1. The zero-order valence-electron chi connectivity index (χ0n) is 18.1. The first-order valence-corrected chi connectivity index (χ1v) is 10.7. The highest BCUT2D eigenvalue weighted by molar-refractivity contribution is 5.89. The number of unbranched alkanes of at least 4 members (excludes halogenated alkanes) is 1. The highest BCUT2D eigenvalue weighted by atomic mass is 16.8. The van der Waals surface area contributed by atoms with E-state index in [1.54, 1.807) is 6.08 Å². The molecule has 32 heavy (non-hydrogen) atoms. The molecule has 3 rings (SSSR count). The quantitative estimate of drug-likeness (QED) is 0.156.